The molecule has 0 atom stereocenters. The van der Waals surface area contributed by atoms with Crippen LogP contribution in [0.2, 0.25) is 0 Å². The number of hydrogen-bond donors (Lipinski definition) is 0. The molecule has 1 rings (SSSR count). The molecule has 0 bridgehead atoms. The van der Waals surface area contributed by atoms with Gasteiger partial charge in [-0.05, 0) is 19.9 Å². The van der Waals surface area contributed by atoms with Crippen LogP contribution in [0.25, 0.3) is 0 Å². The highest BCUT2D eigenvalue weighted by molar-refractivity contribution is 5.92. The van der Waals surface area contributed by atoms with Crippen LogP contribution in [-0.4, -0.2) is 43.6 Å². The first kappa shape index (κ1) is 10.3. The molecule has 1 aliphatic heterocycles. The number of nitrogens with zero attached hydrogens (tertiary/aromatic N) is 2. The number of morpholine rings is 1. The van der Waals surface area contributed by atoms with E-state index in [4.69, 9.17) is 4.74 Å². The van der Waals surface area contributed by atoms with E-state index in [0.717, 1.165) is 38.7 Å². The van der Waals surface area contributed by atoms with E-state index in [1.54, 1.807) is 0 Å². The highest BCUT2D eigenvalue weighted by Gasteiger charge is 2.11. The number of ether oxygens (including phenoxy) is 1. The Morgan fingerprint density at radius 2 is 2.15 bits per heavy atom. The second-order valence-corrected chi connectivity index (χ2v) is 2.93. The third-order valence-electron chi connectivity index (χ3n) is 1.97. The van der Waals surface area contributed by atoms with E-state index in [9.17, 15) is 0 Å². The van der Waals surface area contributed by atoms with Crippen molar-refractivity contribution < 1.29 is 4.74 Å². The Hall–Kier alpha value is -0.830. The fourth-order valence-electron chi connectivity index (χ4n) is 1.36. The number of rotatable bonds is 2. The lowest BCUT2D eigenvalue weighted by Crippen LogP contribution is -2.40. The molecule has 1 heterocycles. The van der Waals surface area contributed by atoms with Gasteiger partial charge < -0.3 is 9.64 Å². The average Bonchev–Trinajstić information content (AvgIpc) is 2.19. The predicted molar refractivity (Wildman–Crippen MR) is 55.2 cm³/mol. The Labute approximate surface area is 80.1 Å². The van der Waals surface area contributed by atoms with Gasteiger partial charge in [0.25, 0.3) is 0 Å². The lowest BCUT2D eigenvalue weighted by molar-refractivity contribution is 0.0683. The van der Waals surface area contributed by atoms with Crippen LogP contribution < -0.4 is 0 Å². The summed E-state index contributed by atoms with van der Waals surface area (Å²) in [6.45, 7) is 8.49. The summed E-state index contributed by atoms with van der Waals surface area (Å²) in [5, 5.41) is 0. The molecular weight excluding hydrogens is 164 g/mol. The topological polar surface area (TPSA) is 24.8 Å². The predicted octanol–water partition coefficient (Wildman–Crippen LogP) is 1.31. The molecular formula is C10H18N2O. The van der Waals surface area contributed by atoms with E-state index in [1.807, 2.05) is 13.0 Å². The SMILES string of the molecule is C/C=C\C(=NCC)N1CCOCC1. The summed E-state index contributed by atoms with van der Waals surface area (Å²) in [6, 6.07) is 0. The van der Waals surface area contributed by atoms with Crippen molar-refractivity contribution in [3.63, 3.8) is 0 Å². The van der Waals surface area contributed by atoms with Crippen molar-refractivity contribution in [2.45, 2.75) is 13.8 Å². The van der Waals surface area contributed by atoms with Gasteiger partial charge in [0, 0.05) is 19.6 Å². The molecule has 0 aromatic heterocycles. The number of aliphatic imine (C=N–C) groups is 1. The molecule has 0 aromatic carbocycles. The summed E-state index contributed by atoms with van der Waals surface area (Å²) < 4.78 is 5.29. The normalized spacial score (nSPS) is 19.8. The highest BCUT2D eigenvalue weighted by Crippen LogP contribution is 2.00. The molecule has 1 aliphatic rings. The zero-order chi connectivity index (χ0) is 9.52. The van der Waals surface area contributed by atoms with Gasteiger partial charge in [0.05, 0.1) is 13.2 Å². The highest BCUT2D eigenvalue weighted by atomic mass is 16.5. The Balaban J connectivity index is 2.57. The number of amidine groups is 1. The van der Waals surface area contributed by atoms with Gasteiger partial charge in [0.15, 0.2) is 0 Å². The molecule has 0 amide bonds. The fraction of sp³-hybridized carbons (Fsp3) is 0.700. The van der Waals surface area contributed by atoms with Gasteiger partial charge in [-0.25, -0.2) is 0 Å². The molecule has 0 N–H and O–H groups in total. The van der Waals surface area contributed by atoms with E-state index < -0.39 is 0 Å². The maximum atomic E-state index is 5.29. The van der Waals surface area contributed by atoms with Crippen molar-refractivity contribution in [1.29, 1.82) is 0 Å². The molecule has 1 saturated heterocycles. The molecule has 13 heavy (non-hydrogen) atoms. The van der Waals surface area contributed by atoms with Crippen molar-refractivity contribution in [2.75, 3.05) is 32.8 Å². The van der Waals surface area contributed by atoms with Crippen LogP contribution in [0.1, 0.15) is 13.8 Å². The smallest absolute Gasteiger partial charge is 0.123 e. The van der Waals surface area contributed by atoms with Crippen LogP contribution in [0.5, 0.6) is 0 Å². The Bertz CT molecular complexity index is 193. The van der Waals surface area contributed by atoms with Crippen LogP contribution >= 0.6 is 0 Å². The lowest BCUT2D eigenvalue weighted by atomic mass is 10.3. The first-order chi connectivity index (χ1) is 6.38. The van der Waals surface area contributed by atoms with Gasteiger partial charge in [-0.3, -0.25) is 4.99 Å². The summed E-state index contributed by atoms with van der Waals surface area (Å²) in [6.07, 6.45) is 4.10. The van der Waals surface area contributed by atoms with Gasteiger partial charge >= 0.3 is 0 Å². The molecule has 1 fully saturated rings. The zero-order valence-electron chi connectivity index (χ0n) is 8.49. The van der Waals surface area contributed by atoms with E-state index in [-0.39, 0.29) is 0 Å². The Morgan fingerprint density at radius 3 is 2.69 bits per heavy atom. The van der Waals surface area contributed by atoms with Crippen molar-refractivity contribution >= 4 is 5.84 Å². The van der Waals surface area contributed by atoms with E-state index in [1.165, 1.54) is 0 Å². The molecule has 0 spiro atoms. The minimum atomic E-state index is 0.820. The van der Waals surface area contributed by atoms with Gasteiger partial charge in [-0.15, -0.1) is 0 Å². The molecule has 0 aliphatic carbocycles. The van der Waals surface area contributed by atoms with Crippen LogP contribution in [0.3, 0.4) is 0 Å². The molecule has 0 radical (unpaired) electrons. The molecule has 0 aromatic rings. The average molecular weight is 182 g/mol. The summed E-state index contributed by atoms with van der Waals surface area (Å²) in [7, 11) is 0. The van der Waals surface area contributed by atoms with Crippen LogP contribution in [-0.2, 0) is 4.74 Å². The van der Waals surface area contributed by atoms with Crippen molar-refractivity contribution in [3.8, 4) is 0 Å². The molecule has 3 heteroatoms. The van der Waals surface area contributed by atoms with E-state index in [0.29, 0.717) is 0 Å². The summed E-state index contributed by atoms with van der Waals surface area (Å²) in [5.41, 5.74) is 0. The monoisotopic (exact) mass is 182 g/mol. The quantitative estimate of drug-likeness (QED) is 0.475. The van der Waals surface area contributed by atoms with Crippen LogP contribution in [0.15, 0.2) is 17.1 Å². The van der Waals surface area contributed by atoms with Gasteiger partial charge in [0.1, 0.15) is 5.84 Å². The van der Waals surface area contributed by atoms with Gasteiger partial charge in [-0.1, -0.05) is 6.08 Å². The molecule has 0 unspecified atom stereocenters. The Kier molecular flexibility index (Phi) is 4.54. The van der Waals surface area contributed by atoms with Gasteiger partial charge in [-0.2, -0.15) is 0 Å². The van der Waals surface area contributed by atoms with Crippen LogP contribution in [0.4, 0.5) is 0 Å². The summed E-state index contributed by atoms with van der Waals surface area (Å²) in [5.74, 6) is 1.09. The maximum absolute atomic E-state index is 5.29. The summed E-state index contributed by atoms with van der Waals surface area (Å²) in [4.78, 5) is 6.71. The van der Waals surface area contributed by atoms with E-state index in [2.05, 4.69) is 22.9 Å². The first-order valence-electron chi connectivity index (χ1n) is 4.88. The molecule has 3 nitrogen and oxygen atoms in total. The van der Waals surface area contributed by atoms with Crippen molar-refractivity contribution in [3.05, 3.63) is 12.2 Å². The van der Waals surface area contributed by atoms with Crippen LogP contribution in [0, 0.1) is 0 Å². The van der Waals surface area contributed by atoms with Gasteiger partial charge in [0.2, 0.25) is 0 Å². The third kappa shape index (κ3) is 3.19. The summed E-state index contributed by atoms with van der Waals surface area (Å²) >= 11 is 0. The van der Waals surface area contributed by atoms with Crippen molar-refractivity contribution in [1.82, 2.24) is 4.90 Å². The second-order valence-electron chi connectivity index (χ2n) is 2.93. The zero-order valence-corrected chi connectivity index (χ0v) is 8.49. The maximum Gasteiger partial charge on any atom is 0.123 e. The Morgan fingerprint density at radius 1 is 1.46 bits per heavy atom. The third-order valence-corrected chi connectivity index (χ3v) is 1.97. The lowest BCUT2D eigenvalue weighted by Gasteiger charge is -2.28. The standard InChI is InChI=1S/C10H18N2O/c1-3-5-10(11-4-2)12-6-8-13-9-7-12/h3,5H,4,6-9H2,1-2H3/b5-3-,11-10?. The fourth-order valence-corrected chi connectivity index (χ4v) is 1.36. The number of allylic oxidation sites excluding steroid dienone is 1. The van der Waals surface area contributed by atoms with E-state index >= 15 is 0 Å². The largest absolute Gasteiger partial charge is 0.378 e. The minimum absolute atomic E-state index is 0.820. The van der Waals surface area contributed by atoms with Crippen molar-refractivity contribution in [2.24, 2.45) is 4.99 Å². The minimum Gasteiger partial charge on any atom is -0.378 e. The second kappa shape index (κ2) is 5.75. The first-order valence-corrected chi connectivity index (χ1v) is 4.88. The molecule has 74 valence electrons. The molecule has 0 saturated carbocycles. The number of hydrogen-bond acceptors (Lipinski definition) is 2.